The molecule has 0 N–H and O–H groups in total. The second-order valence-corrected chi connectivity index (χ2v) is 6.08. The fourth-order valence-electron chi connectivity index (χ4n) is 4.05. The molecule has 17 heavy (non-hydrogen) atoms. The molecular weight excluding hydrogens is 210 g/mol. The van der Waals surface area contributed by atoms with Gasteiger partial charge in [0.05, 0.1) is 17.6 Å². The van der Waals surface area contributed by atoms with Gasteiger partial charge < -0.3 is 4.74 Å². The first-order valence-corrected chi connectivity index (χ1v) is 7.17. The molecule has 2 nitrogen and oxygen atoms in total. The molecule has 0 heterocycles. The van der Waals surface area contributed by atoms with E-state index in [0.29, 0.717) is 6.10 Å². The number of fused-ring (bicyclic) bond motifs is 1. The highest BCUT2D eigenvalue weighted by molar-refractivity contribution is 5.04. The van der Waals surface area contributed by atoms with E-state index < -0.39 is 0 Å². The Balaban J connectivity index is 1.99. The van der Waals surface area contributed by atoms with Crippen molar-refractivity contribution in [1.82, 2.24) is 0 Å². The summed E-state index contributed by atoms with van der Waals surface area (Å²) in [5.41, 5.74) is 0.00975. The first kappa shape index (κ1) is 12.9. The third-order valence-corrected chi connectivity index (χ3v) is 5.04. The maximum Gasteiger partial charge on any atom is 0.0689 e. The Morgan fingerprint density at radius 3 is 2.76 bits per heavy atom. The molecule has 2 unspecified atom stereocenters. The summed E-state index contributed by atoms with van der Waals surface area (Å²) in [6.07, 6.45) is 9.95. The summed E-state index contributed by atoms with van der Waals surface area (Å²) in [5, 5.41) is 9.49. The first-order valence-electron chi connectivity index (χ1n) is 7.17. The summed E-state index contributed by atoms with van der Waals surface area (Å²) < 4.78 is 5.50. The van der Waals surface area contributed by atoms with Gasteiger partial charge in [0.1, 0.15) is 0 Å². The number of nitriles is 1. The predicted octanol–water partition coefficient (Wildman–Crippen LogP) is 3.91. The van der Waals surface area contributed by atoms with Crippen molar-refractivity contribution in [2.24, 2.45) is 17.3 Å². The molecule has 0 amide bonds. The highest BCUT2D eigenvalue weighted by Crippen LogP contribution is 2.50. The number of hydrogen-bond donors (Lipinski definition) is 0. The van der Waals surface area contributed by atoms with Gasteiger partial charge in [-0.15, -0.1) is 0 Å². The van der Waals surface area contributed by atoms with Gasteiger partial charge in [-0.3, -0.25) is 0 Å². The summed E-state index contributed by atoms with van der Waals surface area (Å²) in [6, 6.07) is 2.65. The molecule has 0 bridgehead atoms. The Bertz CT molecular complexity index is 296. The van der Waals surface area contributed by atoms with Gasteiger partial charge in [0, 0.05) is 7.11 Å². The van der Waals surface area contributed by atoms with Crippen molar-refractivity contribution in [2.75, 3.05) is 7.11 Å². The average Bonchev–Trinajstić information content (AvgIpc) is 2.38. The van der Waals surface area contributed by atoms with Gasteiger partial charge in [-0.25, -0.2) is 0 Å². The van der Waals surface area contributed by atoms with Gasteiger partial charge in [0.2, 0.25) is 0 Å². The molecule has 0 aromatic rings. The first-order chi connectivity index (χ1) is 8.23. The molecule has 4 atom stereocenters. The molecule has 2 aliphatic rings. The molecule has 0 saturated heterocycles. The van der Waals surface area contributed by atoms with Gasteiger partial charge in [0.25, 0.3) is 0 Å². The fourth-order valence-corrected chi connectivity index (χ4v) is 4.05. The molecule has 0 aromatic heterocycles. The molecule has 2 aliphatic carbocycles. The second kappa shape index (κ2) is 5.40. The van der Waals surface area contributed by atoms with Crippen molar-refractivity contribution in [2.45, 2.75) is 64.4 Å². The van der Waals surface area contributed by atoms with Crippen molar-refractivity contribution >= 4 is 0 Å². The quantitative estimate of drug-likeness (QED) is 0.743. The van der Waals surface area contributed by atoms with Gasteiger partial charge in [-0.2, -0.15) is 5.26 Å². The van der Waals surface area contributed by atoms with Crippen molar-refractivity contribution in [3.8, 4) is 6.07 Å². The Kier molecular flexibility index (Phi) is 4.09. The summed E-state index contributed by atoms with van der Waals surface area (Å²) in [5.74, 6) is 1.62. The van der Waals surface area contributed by atoms with Crippen LogP contribution in [-0.4, -0.2) is 13.2 Å². The molecule has 0 radical (unpaired) electrons. The van der Waals surface area contributed by atoms with Crippen LogP contribution in [0, 0.1) is 28.6 Å². The smallest absolute Gasteiger partial charge is 0.0689 e. The summed E-state index contributed by atoms with van der Waals surface area (Å²) in [4.78, 5) is 0. The van der Waals surface area contributed by atoms with E-state index in [1.54, 1.807) is 0 Å². The van der Waals surface area contributed by atoms with Crippen LogP contribution in [0.25, 0.3) is 0 Å². The number of hydrogen-bond acceptors (Lipinski definition) is 2. The second-order valence-electron chi connectivity index (χ2n) is 6.08. The Morgan fingerprint density at radius 2 is 2.12 bits per heavy atom. The molecule has 2 rings (SSSR count). The Labute approximate surface area is 105 Å². The van der Waals surface area contributed by atoms with E-state index in [-0.39, 0.29) is 5.41 Å². The van der Waals surface area contributed by atoms with E-state index in [2.05, 4.69) is 13.0 Å². The molecule has 96 valence electrons. The number of methoxy groups -OCH3 is 1. The Morgan fingerprint density at radius 1 is 1.29 bits per heavy atom. The molecule has 2 saturated carbocycles. The van der Waals surface area contributed by atoms with Crippen LogP contribution in [0.2, 0.25) is 0 Å². The lowest BCUT2D eigenvalue weighted by Gasteiger charge is -2.45. The highest BCUT2D eigenvalue weighted by atomic mass is 16.5. The van der Waals surface area contributed by atoms with Crippen LogP contribution in [0.3, 0.4) is 0 Å². The van der Waals surface area contributed by atoms with Crippen molar-refractivity contribution in [1.29, 1.82) is 5.26 Å². The average molecular weight is 235 g/mol. The van der Waals surface area contributed by atoms with E-state index in [9.17, 15) is 5.26 Å². The third-order valence-electron chi connectivity index (χ3n) is 5.04. The fraction of sp³-hybridized carbons (Fsp3) is 0.933. The minimum Gasteiger partial charge on any atom is -0.381 e. The SMILES string of the molecule is CCC[C@]1(C#N)CC[C@@H]2CC(OC)CCC2C1. The molecule has 2 heteroatoms. The maximum atomic E-state index is 9.49. The monoisotopic (exact) mass is 235 g/mol. The van der Waals surface area contributed by atoms with E-state index in [1.807, 2.05) is 7.11 Å². The van der Waals surface area contributed by atoms with E-state index >= 15 is 0 Å². The summed E-state index contributed by atoms with van der Waals surface area (Å²) >= 11 is 0. The molecule has 0 spiro atoms. The minimum absolute atomic E-state index is 0.00975. The van der Waals surface area contributed by atoms with Crippen molar-refractivity contribution in [3.05, 3.63) is 0 Å². The highest BCUT2D eigenvalue weighted by Gasteiger charge is 2.42. The minimum atomic E-state index is 0.00975. The predicted molar refractivity (Wildman–Crippen MR) is 68.4 cm³/mol. The van der Waals surface area contributed by atoms with Gasteiger partial charge in [0.15, 0.2) is 0 Å². The van der Waals surface area contributed by atoms with E-state index in [4.69, 9.17) is 4.74 Å². The zero-order valence-corrected chi connectivity index (χ0v) is 11.2. The van der Waals surface area contributed by atoms with Crippen molar-refractivity contribution in [3.63, 3.8) is 0 Å². The summed E-state index contributed by atoms with van der Waals surface area (Å²) in [7, 11) is 1.84. The molecular formula is C15H25NO. The largest absolute Gasteiger partial charge is 0.381 e. The third kappa shape index (κ3) is 2.65. The van der Waals surface area contributed by atoms with Crippen LogP contribution < -0.4 is 0 Å². The van der Waals surface area contributed by atoms with Crippen LogP contribution in [0.4, 0.5) is 0 Å². The molecule has 2 fully saturated rings. The van der Waals surface area contributed by atoms with E-state index in [1.165, 1.54) is 25.7 Å². The number of ether oxygens (including phenoxy) is 1. The maximum absolute atomic E-state index is 9.49. The normalized spacial score (nSPS) is 41.6. The van der Waals surface area contributed by atoms with Gasteiger partial charge in [-0.05, 0) is 56.8 Å². The summed E-state index contributed by atoms with van der Waals surface area (Å²) in [6.45, 7) is 2.20. The lowest BCUT2D eigenvalue weighted by atomic mass is 9.60. The molecule has 0 aliphatic heterocycles. The van der Waals surface area contributed by atoms with Crippen LogP contribution in [-0.2, 0) is 4.74 Å². The number of rotatable bonds is 3. The van der Waals surface area contributed by atoms with Crippen LogP contribution in [0.15, 0.2) is 0 Å². The zero-order chi connectivity index (χ0) is 12.3. The lowest BCUT2D eigenvalue weighted by Crippen LogP contribution is -2.38. The lowest BCUT2D eigenvalue weighted by molar-refractivity contribution is -0.00468. The Hall–Kier alpha value is -0.550. The van der Waals surface area contributed by atoms with Crippen LogP contribution in [0.1, 0.15) is 58.3 Å². The molecule has 0 aromatic carbocycles. The van der Waals surface area contributed by atoms with Gasteiger partial charge >= 0.3 is 0 Å². The van der Waals surface area contributed by atoms with E-state index in [0.717, 1.165) is 37.5 Å². The van der Waals surface area contributed by atoms with Crippen LogP contribution in [0.5, 0.6) is 0 Å². The topological polar surface area (TPSA) is 33.0 Å². The van der Waals surface area contributed by atoms with Crippen LogP contribution >= 0.6 is 0 Å². The zero-order valence-electron chi connectivity index (χ0n) is 11.2. The standard InChI is InChI=1S/C15H25NO/c1-3-7-15(11-16)8-6-12-9-14(17-2)5-4-13(12)10-15/h12-14H,3-10H2,1-2H3/t12-,13?,14?,15+/m1/s1. The van der Waals surface area contributed by atoms with Gasteiger partial charge in [-0.1, -0.05) is 13.3 Å². The number of nitrogens with zero attached hydrogens (tertiary/aromatic N) is 1. The van der Waals surface area contributed by atoms with Crippen molar-refractivity contribution < 1.29 is 4.74 Å².